The summed E-state index contributed by atoms with van der Waals surface area (Å²) in [7, 11) is 1.61. The summed E-state index contributed by atoms with van der Waals surface area (Å²) in [5.41, 5.74) is 1.39. The van der Waals surface area contributed by atoms with Crippen LogP contribution in [0.3, 0.4) is 0 Å². The van der Waals surface area contributed by atoms with Gasteiger partial charge in [0.1, 0.15) is 5.75 Å². The van der Waals surface area contributed by atoms with E-state index in [2.05, 4.69) is 15.9 Å². The van der Waals surface area contributed by atoms with Crippen molar-refractivity contribution < 1.29 is 14.3 Å². The summed E-state index contributed by atoms with van der Waals surface area (Å²) in [4.78, 5) is 12.1. The van der Waals surface area contributed by atoms with E-state index in [1.165, 1.54) is 0 Å². The first kappa shape index (κ1) is 15.0. The van der Waals surface area contributed by atoms with Gasteiger partial charge in [0.2, 0.25) is 0 Å². The van der Waals surface area contributed by atoms with Gasteiger partial charge >= 0.3 is 5.97 Å². The highest BCUT2D eigenvalue weighted by molar-refractivity contribution is 9.10. The van der Waals surface area contributed by atoms with Crippen LogP contribution in [0.5, 0.6) is 5.75 Å². The Hall–Kier alpha value is -1.36. The Bertz CT molecular complexity index is 628. The lowest BCUT2D eigenvalue weighted by Gasteiger charge is -2.07. The van der Waals surface area contributed by atoms with Gasteiger partial charge in [-0.1, -0.05) is 23.7 Å². The molecule has 0 aromatic heterocycles. The fourth-order valence-corrected chi connectivity index (χ4v) is 2.44. The molecule has 2 rings (SSSR count). The van der Waals surface area contributed by atoms with Gasteiger partial charge in [-0.05, 0) is 51.8 Å². The second kappa shape index (κ2) is 6.88. The maximum Gasteiger partial charge on any atom is 0.343 e. The van der Waals surface area contributed by atoms with Crippen molar-refractivity contribution in [2.45, 2.75) is 6.61 Å². The molecule has 2 aromatic rings. The molecule has 0 radical (unpaired) electrons. The molecule has 0 fully saturated rings. The fourth-order valence-electron chi connectivity index (χ4n) is 1.67. The zero-order valence-electron chi connectivity index (χ0n) is 10.7. The monoisotopic (exact) mass is 354 g/mol. The van der Waals surface area contributed by atoms with Gasteiger partial charge in [0.15, 0.2) is 0 Å². The SMILES string of the molecule is COCc1cccc(C(=O)Oc2ccc(Cl)cc2Br)c1. The van der Waals surface area contributed by atoms with E-state index in [1.807, 2.05) is 6.07 Å². The van der Waals surface area contributed by atoms with Crippen molar-refractivity contribution in [2.24, 2.45) is 0 Å². The van der Waals surface area contributed by atoms with Crippen molar-refractivity contribution in [3.05, 3.63) is 63.1 Å². The highest BCUT2D eigenvalue weighted by atomic mass is 79.9. The molecule has 0 heterocycles. The molecule has 0 spiro atoms. The van der Waals surface area contributed by atoms with Crippen molar-refractivity contribution in [1.82, 2.24) is 0 Å². The smallest absolute Gasteiger partial charge is 0.343 e. The molecule has 20 heavy (non-hydrogen) atoms. The predicted molar refractivity (Wildman–Crippen MR) is 81.3 cm³/mol. The number of ether oxygens (including phenoxy) is 2. The second-order valence-corrected chi connectivity index (χ2v) is 5.39. The number of hydrogen-bond acceptors (Lipinski definition) is 3. The van der Waals surface area contributed by atoms with Gasteiger partial charge in [-0.15, -0.1) is 0 Å². The van der Waals surface area contributed by atoms with Gasteiger partial charge in [0, 0.05) is 12.1 Å². The quantitative estimate of drug-likeness (QED) is 0.600. The van der Waals surface area contributed by atoms with Crippen LogP contribution in [0.2, 0.25) is 5.02 Å². The molecule has 0 atom stereocenters. The number of halogens is 2. The molecular weight excluding hydrogens is 344 g/mol. The largest absolute Gasteiger partial charge is 0.422 e. The van der Waals surface area contributed by atoms with Crippen LogP contribution in [0.25, 0.3) is 0 Å². The third-order valence-corrected chi connectivity index (χ3v) is 3.43. The Balaban J connectivity index is 2.17. The van der Waals surface area contributed by atoms with Crippen LogP contribution in [-0.4, -0.2) is 13.1 Å². The number of methoxy groups -OCH3 is 1. The lowest BCUT2D eigenvalue weighted by molar-refractivity contribution is 0.0733. The molecule has 5 heteroatoms. The van der Waals surface area contributed by atoms with Gasteiger partial charge in [-0.3, -0.25) is 0 Å². The molecule has 0 aliphatic carbocycles. The maximum absolute atomic E-state index is 12.1. The van der Waals surface area contributed by atoms with Crippen LogP contribution >= 0.6 is 27.5 Å². The summed E-state index contributed by atoms with van der Waals surface area (Å²) in [5, 5.41) is 0.568. The van der Waals surface area contributed by atoms with E-state index in [0.717, 1.165) is 5.56 Å². The van der Waals surface area contributed by atoms with Crippen molar-refractivity contribution >= 4 is 33.5 Å². The first-order chi connectivity index (χ1) is 9.60. The van der Waals surface area contributed by atoms with Gasteiger partial charge in [0.05, 0.1) is 16.6 Å². The Morgan fingerprint density at radius 1 is 1.25 bits per heavy atom. The third kappa shape index (κ3) is 3.82. The molecule has 0 amide bonds. The number of hydrogen-bond donors (Lipinski definition) is 0. The van der Waals surface area contributed by atoms with E-state index >= 15 is 0 Å². The molecule has 0 saturated heterocycles. The minimum absolute atomic E-state index is 0.425. The molecule has 0 bridgehead atoms. The maximum atomic E-state index is 12.1. The van der Waals surface area contributed by atoms with E-state index in [4.69, 9.17) is 21.1 Å². The van der Waals surface area contributed by atoms with Crippen LogP contribution in [0.15, 0.2) is 46.9 Å². The normalized spacial score (nSPS) is 10.3. The Morgan fingerprint density at radius 3 is 2.75 bits per heavy atom. The summed E-state index contributed by atoms with van der Waals surface area (Å²) in [5.74, 6) is 0.00233. The molecule has 0 aliphatic heterocycles. The highest BCUT2D eigenvalue weighted by Crippen LogP contribution is 2.28. The van der Waals surface area contributed by atoms with Crippen LogP contribution in [0.1, 0.15) is 15.9 Å². The molecule has 0 aliphatic rings. The standard InChI is InChI=1S/C15H12BrClO3/c1-19-9-10-3-2-4-11(7-10)15(18)20-14-6-5-12(17)8-13(14)16/h2-8H,9H2,1H3. The minimum atomic E-state index is -0.425. The molecule has 104 valence electrons. The molecular formula is C15H12BrClO3. The molecule has 0 N–H and O–H groups in total. The number of carbonyl (C=O) groups excluding carboxylic acids is 1. The number of carbonyl (C=O) groups is 1. The first-order valence-electron chi connectivity index (χ1n) is 5.85. The summed E-state index contributed by atoms with van der Waals surface area (Å²) < 4.78 is 11.0. The second-order valence-electron chi connectivity index (χ2n) is 4.10. The first-order valence-corrected chi connectivity index (χ1v) is 7.02. The molecule has 0 unspecified atom stereocenters. The molecule has 3 nitrogen and oxygen atoms in total. The average Bonchev–Trinajstić information content (AvgIpc) is 2.42. The molecule has 0 saturated carbocycles. The number of rotatable bonds is 4. The lowest BCUT2D eigenvalue weighted by Crippen LogP contribution is -2.09. The highest BCUT2D eigenvalue weighted by Gasteiger charge is 2.11. The Labute approximate surface area is 130 Å². The lowest BCUT2D eigenvalue weighted by atomic mass is 10.1. The summed E-state index contributed by atoms with van der Waals surface area (Å²) in [6.07, 6.45) is 0. The van der Waals surface area contributed by atoms with E-state index in [0.29, 0.717) is 27.4 Å². The average molecular weight is 356 g/mol. The van der Waals surface area contributed by atoms with Gasteiger partial charge in [-0.2, -0.15) is 0 Å². The van der Waals surface area contributed by atoms with Crippen LogP contribution in [0.4, 0.5) is 0 Å². The van der Waals surface area contributed by atoms with Crippen LogP contribution in [0, 0.1) is 0 Å². The van der Waals surface area contributed by atoms with Crippen LogP contribution < -0.4 is 4.74 Å². The summed E-state index contributed by atoms with van der Waals surface area (Å²) >= 11 is 9.15. The zero-order valence-corrected chi connectivity index (χ0v) is 13.1. The summed E-state index contributed by atoms with van der Waals surface area (Å²) in [6.45, 7) is 0.450. The Morgan fingerprint density at radius 2 is 2.05 bits per heavy atom. The van der Waals surface area contributed by atoms with Gasteiger partial charge in [-0.25, -0.2) is 4.79 Å². The number of benzene rings is 2. The van der Waals surface area contributed by atoms with E-state index in [9.17, 15) is 4.79 Å². The Kier molecular flexibility index (Phi) is 5.17. The van der Waals surface area contributed by atoms with Gasteiger partial charge in [0.25, 0.3) is 0 Å². The molecule has 2 aromatic carbocycles. The topological polar surface area (TPSA) is 35.5 Å². The summed E-state index contributed by atoms with van der Waals surface area (Å²) in [6, 6.07) is 12.1. The fraction of sp³-hybridized carbons (Fsp3) is 0.133. The van der Waals surface area contributed by atoms with Crippen molar-refractivity contribution in [2.75, 3.05) is 7.11 Å². The van der Waals surface area contributed by atoms with Crippen molar-refractivity contribution in [1.29, 1.82) is 0 Å². The van der Waals surface area contributed by atoms with E-state index < -0.39 is 5.97 Å². The zero-order chi connectivity index (χ0) is 14.5. The van der Waals surface area contributed by atoms with E-state index in [1.54, 1.807) is 43.5 Å². The third-order valence-electron chi connectivity index (χ3n) is 2.57. The minimum Gasteiger partial charge on any atom is -0.422 e. The predicted octanol–water partition coefficient (Wildman–Crippen LogP) is 4.47. The van der Waals surface area contributed by atoms with E-state index in [-0.39, 0.29) is 0 Å². The van der Waals surface area contributed by atoms with Crippen molar-refractivity contribution in [3.63, 3.8) is 0 Å². The van der Waals surface area contributed by atoms with Gasteiger partial charge < -0.3 is 9.47 Å². The van der Waals surface area contributed by atoms with Crippen molar-refractivity contribution in [3.8, 4) is 5.75 Å². The van der Waals surface area contributed by atoms with Crippen LogP contribution in [-0.2, 0) is 11.3 Å². The number of esters is 1.